The molecule has 1 aromatic rings. The van der Waals surface area contributed by atoms with Gasteiger partial charge in [-0.2, -0.15) is 0 Å². The van der Waals surface area contributed by atoms with Gasteiger partial charge in [-0.3, -0.25) is 4.79 Å². The average molecular weight is 293 g/mol. The van der Waals surface area contributed by atoms with Crippen LogP contribution in [-0.2, 0) is 4.74 Å². The molecule has 0 spiro atoms. The Hall–Kier alpha value is -1.00. The summed E-state index contributed by atoms with van der Waals surface area (Å²) in [4.78, 5) is 15.3. The standard InChI is InChI=1S/C16H23NO2S/c1-17(11-3-5-14-6-4-12-19-14)16(18)13-7-9-15(20-2)10-8-13/h7-10,14H,3-6,11-12H2,1-2H3. The Morgan fingerprint density at radius 3 is 2.75 bits per heavy atom. The quantitative estimate of drug-likeness (QED) is 0.753. The topological polar surface area (TPSA) is 29.5 Å². The van der Waals surface area contributed by atoms with Crippen molar-refractivity contribution in [3.8, 4) is 0 Å². The fraction of sp³-hybridized carbons (Fsp3) is 0.562. The van der Waals surface area contributed by atoms with Crippen LogP contribution in [0.2, 0.25) is 0 Å². The van der Waals surface area contributed by atoms with Gasteiger partial charge in [0, 0.05) is 30.7 Å². The number of carbonyl (C=O) groups is 1. The molecule has 1 atom stereocenters. The molecule has 1 heterocycles. The lowest BCUT2D eigenvalue weighted by Crippen LogP contribution is -2.28. The monoisotopic (exact) mass is 293 g/mol. The summed E-state index contributed by atoms with van der Waals surface area (Å²) in [5.41, 5.74) is 0.766. The summed E-state index contributed by atoms with van der Waals surface area (Å²) >= 11 is 1.69. The minimum absolute atomic E-state index is 0.102. The van der Waals surface area contributed by atoms with Gasteiger partial charge in [-0.05, 0) is 56.2 Å². The molecule has 0 radical (unpaired) electrons. The van der Waals surface area contributed by atoms with Gasteiger partial charge in [-0.1, -0.05) is 0 Å². The molecule has 1 fully saturated rings. The highest BCUT2D eigenvalue weighted by molar-refractivity contribution is 7.98. The second-order valence-corrected chi connectivity index (χ2v) is 6.11. The van der Waals surface area contributed by atoms with Gasteiger partial charge in [0.1, 0.15) is 0 Å². The lowest BCUT2D eigenvalue weighted by molar-refractivity contribution is 0.0763. The molecule has 0 aromatic heterocycles. The summed E-state index contributed by atoms with van der Waals surface area (Å²) in [6, 6.07) is 7.81. The fourth-order valence-electron chi connectivity index (χ4n) is 2.48. The summed E-state index contributed by atoms with van der Waals surface area (Å²) in [7, 11) is 1.88. The number of rotatable bonds is 6. The largest absolute Gasteiger partial charge is 0.378 e. The van der Waals surface area contributed by atoms with E-state index in [9.17, 15) is 4.79 Å². The lowest BCUT2D eigenvalue weighted by atomic mass is 10.1. The van der Waals surface area contributed by atoms with Crippen molar-refractivity contribution in [3.05, 3.63) is 29.8 Å². The number of nitrogens with zero attached hydrogens (tertiary/aromatic N) is 1. The Balaban J connectivity index is 1.78. The van der Waals surface area contributed by atoms with E-state index < -0.39 is 0 Å². The molecule has 0 aliphatic carbocycles. The van der Waals surface area contributed by atoms with E-state index in [1.165, 1.54) is 17.7 Å². The zero-order valence-electron chi connectivity index (χ0n) is 12.3. The molecule has 2 rings (SSSR count). The van der Waals surface area contributed by atoms with Crippen molar-refractivity contribution in [3.63, 3.8) is 0 Å². The van der Waals surface area contributed by atoms with Crippen molar-refractivity contribution in [2.75, 3.05) is 26.5 Å². The number of benzene rings is 1. The summed E-state index contributed by atoms with van der Waals surface area (Å²) < 4.78 is 5.60. The first-order valence-corrected chi connectivity index (χ1v) is 8.44. The van der Waals surface area contributed by atoms with Crippen LogP contribution >= 0.6 is 11.8 Å². The first-order chi connectivity index (χ1) is 9.70. The number of amides is 1. The van der Waals surface area contributed by atoms with E-state index in [2.05, 4.69) is 0 Å². The van der Waals surface area contributed by atoms with Gasteiger partial charge >= 0.3 is 0 Å². The first kappa shape index (κ1) is 15.4. The highest BCUT2D eigenvalue weighted by Crippen LogP contribution is 2.18. The molecule has 0 N–H and O–H groups in total. The van der Waals surface area contributed by atoms with Crippen molar-refractivity contribution in [2.24, 2.45) is 0 Å². The van der Waals surface area contributed by atoms with Crippen LogP contribution < -0.4 is 0 Å². The van der Waals surface area contributed by atoms with Crippen molar-refractivity contribution < 1.29 is 9.53 Å². The van der Waals surface area contributed by atoms with Crippen LogP contribution in [-0.4, -0.2) is 43.4 Å². The molecule has 1 aliphatic rings. The summed E-state index contributed by atoms with van der Waals surface area (Å²) in [5.74, 6) is 0.102. The summed E-state index contributed by atoms with van der Waals surface area (Å²) in [5, 5.41) is 0. The van der Waals surface area contributed by atoms with E-state index >= 15 is 0 Å². The number of thioether (sulfide) groups is 1. The second kappa shape index (κ2) is 7.70. The summed E-state index contributed by atoms with van der Waals surface area (Å²) in [6.45, 7) is 1.70. The van der Waals surface area contributed by atoms with Crippen LogP contribution in [0.25, 0.3) is 0 Å². The molecular weight excluding hydrogens is 270 g/mol. The fourth-order valence-corrected chi connectivity index (χ4v) is 2.89. The molecule has 20 heavy (non-hydrogen) atoms. The molecule has 1 amide bonds. The van der Waals surface area contributed by atoms with Gasteiger partial charge in [0.05, 0.1) is 6.10 Å². The number of hydrogen-bond acceptors (Lipinski definition) is 3. The third kappa shape index (κ3) is 4.25. The van der Waals surface area contributed by atoms with Gasteiger partial charge in [-0.25, -0.2) is 0 Å². The van der Waals surface area contributed by atoms with E-state index in [0.717, 1.165) is 31.6 Å². The maximum atomic E-state index is 12.3. The maximum absolute atomic E-state index is 12.3. The average Bonchev–Trinajstić information content (AvgIpc) is 2.99. The van der Waals surface area contributed by atoms with Gasteiger partial charge in [0.2, 0.25) is 0 Å². The minimum Gasteiger partial charge on any atom is -0.378 e. The Morgan fingerprint density at radius 2 is 2.15 bits per heavy atom. The second-order valence-electron chi connectivity index (χ2n) is 5.23. The van der Waals surface area contributed by atoms with Crippen molar-refractivity contribution in [1.29, 1.82) is 0 Å². The van der Waals surface area contributed by atoms with Crippen LogP contribution in [0.5, 0.6) is 0 Å². The zero-order valence-corrected chi connectivity index (χ0v) is 13.1. The van der Waals surface area contributed by atoms with Gasteiger partial charge < -0.3 is 9.64 Å². The SMILES string of the molecule is CSc1ccc(C(=O)N(C)CCCC2CCCO2)cc1. The molecule has 110 valence electrons. The van der Waals surface area contributed by atoms with Crippen molar-refractivity contribution in [2.45, 2.75) is 36.7 Å². The highest BCUT2D eigenvalue weighted by Gasteiger charge is 2.16. The maximum Gasteiger partial charge on any atom is 0.253 e. The van der Waals surface area contributed by atoms with E-state index in [0.29, 0.717) is 6.10 Å². The van der Waals surface area contributed by atoms with Crippen LogP contribution in [0.15, 0.2) is 29.2 Å². The lowest BCUT2D eigenvalue weighted by Gasteiger charge is -2.18. The number of carbonyl (C=O) groups excluding carboxylic acids is 1. The molecule has 4 heteroatoms. The van der Waals surface area contributed by atoms with Crippen LogP contribution in [0.3, 0.4) is 0 Å². The molecule has 3 nitrogen and oxygen atoms in total. The summed E-state index contributed by atoms with van der Waals surface area (Å²) in [6.07, 6.45) is 6.88. The molecule has 1 aromatic carbocycles. The van der Waals surface area contributed by atoms with E-state index in [1.807, 2.05) is 42.5 Å². The van der Waals surface area contributed by atoms with E-state index in [1.54, 1.807) is 11.8 Å². The molecule has 0 saturated carbocycles. The molecule has 1 aliphatic heterocycles. The number of hydrogen-bond donors (Lipinski definition) is 0. The zero-order chi connectivity index (χ0) is 14.4. The Kier molecular flexibility index (Phi) is 5.92. The van der Waals surface area contributed by atoms with Gasteiger partial charge in [-0.15, -0.1) is 11.8 Å². The predicted molar refractivity (Wildman–Crippen MR) is 83.4 cm³/mol. The Labute approximate surface area is 125 Å². The highest BCUT2D eigenvalue weighted by atomic mass is 32.2. The van der Waals surface area contributed by atoms with Crippen LogP contribution in [0.1, 0.15) is 36.0 Å². The third-order valence-electron chi connectivity index (χ3n) is 3.73. The third-order valence-corrected chi connectivity index (χ3v) is 4.47. The minimum atomic E-state index is 0.102. The smallest absolute Gasteiger partial charge is 0.253 e. The van der Waals surface area contributed by atoms with Gasteiger partial charge in [0.15, 0.2) is 0 Å². The van der Waals surface area contributed by atoms with E-state index in [-0.39, 0.29) is 5.91 Å². The molecule has 0 bridgehead atoms. The Morgan fingerprint density at radius 1 is 1.40 bits per heavy atom. The number of ether oxygens (including phenoxy) is 1. The van der Waals surface area contributed by atoms with Crippen molar-refractivity contribution >= 4 is 17.7 Å². The molecule has 1 unspecified atom stereocenters. The Bertz CT molecular complexity index is 427. The predicted octanol–water partition coefficient (Wildman–Crippen LogP) is 3.44. The van der Waals surface area contributed by atoms with Gasteiger partial charge in [0.25, 0.3) is 5.91 Å². The molecular formula is C16H23NO2S. The van der Waals surface area contributed by atoms with Crippen LogP contribution in [0, 0.1) is 0 Å². The first-order valence-electron chi connectivity index (χ1n) is 7.22. The van der Waals surface area contributed by atoms with Crippen molar-refractivity contribution in [1.82, 2.24) is 4.90 Å². The molecule has 1 saturated heterocycles. The normalized spacial score (nSPS) is 18.2. The van der Waals surface area contributed by atoms with Crippen LogP contribution in [0.4, 0.5) is 0 Å². The van der Waals surface area contributed by atoms with E-state index in [4.69, 9.17) is 4.74 Å².